The molecule has 0 amide bonds. The molecule has 0 aliphatic rings. The SMILES string of the molecule is COc1cccc(C=NCCN(C)C)c1O. The minimum Gasteiger partial charge on any atom is -0.504 e. The van der Waals surface area contributed by atoms with Crippen molar-refractivity contribution in [3.63, 3.8) is 0 Å². The van der Waals surface area contributed by atoms with Crippen LogP contribution in [0.25, 0.3) is 0 Å². The summed E-state index contributed by atoms with van der Waals surface area (Å²) in [6, 6.07) is 5.34. The summed E-state index contributed by atoms with van der Waals surface area (Å²) in [4.78, 5) is 6.29. The van der Waals surface area contributed by atoms with E-state index >= 15 is 0 Å². The number of nitrogens with zero attached hydrogens (tertiary/aromatic N) is 2. The zero-order valence-electron chi connectivity index (χ0n) is 9.97. The number of benzene rings is 1. The Balaban J connectivity index is 2.66. The first-order valence-electron chi connectivity index (χ1n) is 5.15. The smallest absolute Gasteiger partial charge is 0.166 e. The van der Waals surface area contributed by atoms with Gasteiger partial charge in [-0.05, 0) is 26.2 Å². The van der Waals surface area contributed by atoms with E-state index in [1.54, 1.807) is 18.3 Å². The number of aliphatic imine (C=N–C) groups is 1. The van der Waals surface area contributed by atoms with Gasteiger partial charge in [0, 0.05) is 18.3 Å². The maximum Gasteiger partial charge on any atom is 0.166 e. The van der Waals surface area contributed by atoms with Crippen molar-refractivity contribution in [2.45, 2.75) is 0 Å². The van der Waals surface area contributed by atoms with Crippen molar-refractivity contribution in [3.05, 3.63) is 23.8 Å². The second-order valence-electron chi connectivity index (χ2n) is 3.74. The topological polar surface area (TPSA) is 45.1 Å². The summed E-state index contributed by atoms with van der Waals surface area (Å²) in [5.74, 6) is 0.607. The lowest BCUT2D eigenvalue weighted by molar-refractivity contribution is 0.373. The van der Waals surface area contributed by atoms with Crippen molar-refractivity contribution in [3.8, 4) is 11.5 Å². The maximum absolute atomic E-state index is 9.77. The number of ether oxygens (including phenoxy) is 1. The molecule has 16 heavy (non-hydrogen) atoms. The first-order valence-corrected chi connectivity index (χ1v) is 5.15. The zero-order chi connectivity index (χ0) is 12.0. The van der Waals surface area contributed by atoms with E-state index in [1.165, 1.54) is 7.11 Å². The standard InChI is InChI=1S/C12H18N2O2/c1-14(2)8-7-13-9-10-5-4-6-11(16-3)12(10)15/h4-6,9,15H,7-8H2,1-3H3. The average Bonchev–Trinajstić information content (AvgIpc) is 2.26. The van der Waals surface area contributed by atoms with Crippen LogP contribution < -0.4 is 4.74 Å². The summed E-state index contributed by atoms with van der Waals surface area (Å²) in [6.07, 6.45) is 1.67. The molecule has 0 aliphatic carbocycles. The lowest BCUT2D eigenvalue weighted by Gasteiger charge is -2.06. The quantitative estimate of drug-likeness (QED) is 0.765. The molecule has 0 bridgehead atoms. The molecule has 4 nitrogen and oxygen atoms in total. The Hall–Kier alpha value is -1.55. The Morgan fingerprint density at radius 1 is 1.44 bits per heavy atom. The third kappa shape index (κ3) is 3.55. The molecule has 1 aromatic carbocycles. The van der Waals surface area contributed by atoms with Crippen LogP contribution in [0.4, 0.5) is 0 Å². The Labute approximate surface area is 96.2 Å². The summed E-state index contributed by atoms with van der Waals surface area (Å²) in [7, 11) is 5.53. The molecule has 0 aromatic heterocycles. The molecule has 0 saturated heterocycles. The lowest BCUT2D eigenvalue weighted by Crippen LogP contribution is -2.15. The summed E-state index contributed by atoms with van der Waals surface area (Å²) >= 11 is 0. The van der Waals surface area contributed by atoms with Gasteiger partial charge in [-0.2, -0.15) is 0 Å². The fourth-order valence-corrected chi connectivity index (χ4v) is 1.23. The van der Waals surface area contributed by atoms with Gasteiger partial charge in [0.25, 0.3) is 0 Å². The van der Waals surface area contributed by atoms with Crippen molar-refractivity contribution in [1.29, 1.82) is 0 Å². The van der Waals surface area contributed by atoms with Gasteiger partial charge in [0.15, 0.2) is 11.5 Å². The number of methoxy groups -OCH3 is 1. The molecule has 0 aliphatic heterocycles. The van der Waals surface area contributed by atoms with Crippen molar-refractivity contribution >= 4 is 6.21 Å². The monoisotopic (exact) mass is 222 g/mol. The second-order valence-corrected chi connectivity index (χ2v) is 3.74. The van der Waals surface area contributed by atoms with Gasteiger partial charge in [-0.15, -0.1) is 0 Å². The molecule has 0 fully saturated rings. The number of aromatic hydroxyl groups is 1. The molecular formula is C12H18N2O2. The van der Waals surface area contributed by atoms with Crippen molar-refractivity contribution < 1.29 is 9.84 Å². The molecular weight excluding hydrogens is 204 g/mol. The Kier molecular flexibility index (Phi) is 4.79. The van der Waals surface area contributed by atoms with E-state index in [0.717, 1.165) is 6.54 Å². The van der Waals surface area contributed by atoms with E-state index in [1.807, 2.05) is 20.2 Å². The molecule has 0 radical (unpaired) electrons. The normalized spacial score (nSPS) is 11.2. The summed E-state index contributed by atoms with van der Waals surface area (Å²) < 4.78 is 5.01. The third-order valence-corrected chi connectivity index (χ3v) is 2.16. The van der Waals surface area contributed by atoms with E-state index in [9.17, 15) is 5.11 Å². The van der Waals surface area contributed by atoms with Crippen LogP contribution in [0.3, 0.4) is 0 Å². The van der Waals surface area contributed by atoms with Crippen LogP contribution in [0.2, 0.25) is 0 Å². The highest BCUT2D eigenvalue weighted by Gasteiger charge is 2.04. The molecule has 1 aromatic rings. The van der Waals surface area contributed by atoms with Gasteiger partial charge < -0.3 is 14.7 Å². The lowest BCUT2D eigenvalue weighted by atomic mass is 10.2. The largest absolute Gasteiger partial charge is 0.504 e. The Morgan fingerprint density at radius 3 is 2.81 bits per heavy atom. The molecule has 1 N–H and O–H groups in total. The van der Waals surface area contributed by atoms with E-state index in [-0.39, 0.29) is 5.75 Å². The van der Waals surface area contributed by atoms with Gasteiger partial charge in [-0.25, -0.2) is 0 Å². The van der Waals surface area contributed by atoms with Gasteiger partial charge in [-0.1, -0.05) is 6.07 Å². The first-order chi connectivity index (χ1) is 7.65. The van der Waals surface area contributed by atoms with Crippen LogP contribution in [-0.4, -0.2) is 50.5 Å². The van der Waals surface area contributed by atoms with Gasteiger partial charge in [0.1, 0.15) is 0 Å². The summed E-state index contributed by atoms with van der Waals surface area (Å²) in [5.41, 5.74) is 0.679. The van der Waals surface area contributed by atoms with Crippen LogP contribution >= 0.6 is 0 Å². The molecule has 0 atom stereocenters. The van der Waals surface area contributed by atoms with Crippen LogP contribution in [0.15, 0.2) is 23.2 Å². The van der Waals surface area contributed by atoms with Crippen LogP contribution in [0, 0.1) is 0 Å². The Morgan fingerprint density at radius 2 is 2.19 bits per heavy atom. The number of likely N-dealkylation sites (N-methyl/N-ethyl adjacent to an activating group) is 1. The predicted octanol–water partition coefficient (Wildman–Crippen LogP) is 1.38. The number of hydrogen-bond donors (Lipinski definition) is 1. The molecule has 0 spiro atoms. The number of phenolic OH excluding ortho intramolecular Hbond substituents is 1. The molecule has 88 valence electrons. The van der Waals surface area contributed by atoms with Crippen LogP contribution in [0.5, 0.6) is 11.5 Å². The predicted molar refractivity (Wildman–Crippen MR) is 65.7 cm³/mol. The van der Waals surface area contributed by atoms with Crippen molar-refractivity contribution in [2.24, 2.45) is 4.99 Å². The molecule has 0 heterocycles. The number of para-hydroxylation sites is 1. The van der Waals surface area contributed by atoms with E-state index in [2.05, 4.69) is 9.89 Å². The highest BCUT2D eigenvalue weighted by Crippen LogP contribution is 2.27. The van der Waals surface area contributed by atoms with Crippen LogP contribution in [0.1, 0.15) is 5.56 Å². The second kappa shape index (κ2) is 6.12. The van der Waals surface area contributed by atoms with Gasteiger partial charge >= 0.3 is 0 Å². The number of hydrogen-bond acceptors (Lipinski definition) is 4. The minimum absolute atomic E-state index is 0.138. The van der Waals surface area contributed by atoms with Gasteiger partial charge in [0.2, 0.25) is 0 Å². The zero-order valence-corrected chi connectivity index (χ0v) is 9.97. The summed E-state index contributed by atoms with van der Waals surface area (Å²) in [6.45, 7) is 1.60. The summed E-state index contributed by atoms with van der Waals surface area (Å²) in [5, 5.41) is 9.77. The molecule has 0 saturated carbocycles. The fourth-order valence-electron chi connectivity index (χ4n) is 1.23. The number of rotatable bonds is 5. The van der Waals surface area contributed by atoms with Crippen molar-refractivity contribution in [2.75, 3.05) is 34.3 Å². The number of phenols is 1. The maximum atomic E-state index is 9.77. The molecule has 0 unspecified atom stereocenters. The van der Waals surface area contributed by atoms with E-state index in [4.69, 9.17) is 4.74 Å². The highest BCUT2D eigenvalue weighted by atomic mass is 16.5. The van der Waals surface area contributed by atoms with Gasteiger partial charge in [-0.3, -0.25) is 4.99 Å². The molecule has 1 rings (SSSR count). The van der Waals surface area contributed by atoms with Crippen molar-refractivity contribution in [1.82, 2.24) is 4.90 Å². The highest BCUT2D eigenvalue weighted by molar-refractivity contribution is 5.84. The third-order valence-electron chi connectivity index (χ3n) is 2.16. The van der Waals surface area contributed by atoms with E-state index < -0.39 is 0 Å². The minimum atomic E-state index is 0.138. The van der Waals surface area contributed by atoms with Gasteiger partial charge in [0.05, 0.1) is 13.7 Å². The average molecular weight is 222 g/mol. The van der Waals surface area contributed by atoms with Crippen LogP contribution in [-0.2, 0) is 0 Å². The molecule has 4 heteroatoms. The Bertz CT molecular complexity index is 362. The fraction of sp³-hybridized carbons (Fsp3) is 0.417. The van der Waals surface area contributed by atoms with E-state index in [0.29, 0.717) is 17.9 Å². The first kappa shape index (κ1) is 12.5.